The average Bonchev–Trinajstić information content (AvgIpc) is 2.49. The number of carbonyl (C=O) groups excluding carboxylic acids is 1. The van der Waals surface area contributed by atoms with Gasteiger partial charge in [0, 0.05) is 0 Å². The van der Waals surface area contributed by atoms with Crippen LogP contribution in [0, 0.1) is 6.92 Å². The number of nitrogens with one attached hydrogen (secondary N) is 1. The number of sulfonamides is 1. The molecule has 1 aromatic rings. The molecule has 0 fully saturated rings. The Morgan fingerprint density at radius 1 is 1.27 bits per heavy atom. The van der Waals surface area contributed by atoms with Crippen molar-refractivity contribution in [1.29, 1.82) is 0 Å². The van der Waals surface area contributed by atoms with Crippen LogP contribution in [0.4, 0.5) is 4.79 Å². The Balaban J connectivity index is 2.15. The number of methoxy groups -OCH3 is 1. The Morgan fingerprint density at radius 2 is 1.95 bits per heavy atom. The highest BCUT2D eigenvalue weighted by molar-refractivity contribution is 7.89. The van der Waals surface area contributed by atoms with Crippen LogP contribution in [0.15, 0.2) is 41.3 Å². The van der Waals surface area contributed by atoms with E-state index in [1.807, 2.05) is 13.0 Å². The van der Waals surface area contributed by atoms with Crippen LogP contribution in [0.3, 0.4) is 0 Å². The van der Waals surface area contributed by atoms with Crippen molar-refractivity contribution in [2.45, 2.75) is 36.8 Å². The molecule has 0 amide bonds. The van der Waals surface area contributed by atoms with Crippen molar-refractivity contribution in [3.63, 3.8) is 0 Å². The fourth-order valence-corrected chi connectivity index (χ4v) is 3.41. The van der Waals surface area contributed by atoms with Gasteiger partial charge in [0.05, 0.1) is 18.0 Å². The van der Waals surface area contributed by atoms with Gasteiger partial charge in [0.1, 0.15) is 6.10 Å². The summed E-state index contributed by atoms with van der Waals surface area (Å²) in [5.41, 5.74) is 0.975. The van der Waals surface area contributed by atoms with Gasteiger partial charge in [-0.1, -0.05) is 29.8 Å². The van der Waals surface area contributed by atoms with Gasteiger partial charge in [0.25, 0.3) is 0 Å². The van der Waals surface area contributed by atoms with E-state index in [0.717, 1.165) is 5.56 Å². The smallest absolute Gasteiger partial charge is 0.438 e. The zero-order valence-electron chi connectivity index (χ0n) is 12.5. The van der Waals surface area contributed by atoms with Crippen LogP contribution in [0.1, 0.15) is 18.4 Å². The monoisotopic (exact) mass is 325 g/mol. The lowest BCUT2D eigenvalue weighted by Crippen LogP contribution is -2.45. The van der Waals surface area contributed by atoms with Gasteiger partial charge < -0.3 is 9.47 Å². The predicted octanol–water partition coefficient (Wildman–Crippen LogP) is 2.14. The second-order valence-electron chi connectivity index (χ2n) is 5.08. The van der Waals surface area contributed by atoms with E-state index in [1.54, 1.807) is 30.3 Å². The lowest BCUT2D eigenvalue weighted by atomic mass is 10.0. The largest absolute Gasteiger partial charge is 0.508 e. The Labute approximate surface area is 130 Å². The van der Waals surface area contributed by atoms with Crippen LogP contribution in [-0.2, 0) is 19.5 Å². The first-order valence-corrected chi connectivity index (χ1v) is 8.41. The molecule has 7 heteroatoms. The van der Waals surface area contributed by atoms with Crippen molar-refractivity contribution >= 4 is 16.2 Å². The number of carbonyl (C=O) groups is 1. The molecule has 0 heterocycles. The van der Waals surface area contributed by atoms with E-state index in [-0.39, 0.29) is 4.90 Å². The van der Waals surface area contributed by atoms with E-state index < -0.39 is 28.3 Å². The van der Waals surface area contributed by atoms with Crippen molar-refractivity contribution < 1.29 is 22.7 Å². The summed E-state index contributed by atoms with van der Waals surface area (Å²) in [6.07, 6.45) is 3.40. The number of hydrogen-bond donors (Lipinski definition) is 1. The van der Waals surface area contributed by atoms with Gasteiger partial charge in [-0.05, 0) is 31.9 Å². The molecule has 1 N–H and O–H groups in total. The van der Waals surface area contributed by atoms with E-state index in [0.29, 0.717) is 12.8 Å². The Hall–Kier alpha value is -1.86. The fraction of sp³-hybridized carbons (Fsp3) is 0.400. The van der Waals surface area contributed by atoms with Gasteiger partial charge in [-0.25, -0.2) is 17.9 Å². The number of hydrogen-bond acceptors (Lipinski definition) is 5. The maximum atomic E-state index is 12.4. The van der Waals surface area contributed by atoms with Crippen LogP contribution in [0.2, 0.25) is 0 Å². The van der Waals surface area contributed by atoms with Crippen molar-refractivity contribution in [1.82, 2.24) is 4.72 Å². The van der Waals surface area contributed by atoms with E-state index in [9.17, 15) is 13.2 Å². The third-order valence-electron chi connectivity index (χ3n) is 3.40. The number of benzene rings is 1. The van der Waals surface area contributed by atoms with E-state index in [2.05, 4.69) is 9.46 Å². The number of aryl methyl sites for hydroxylation is 1. The molecule has 2 unspecified atom stereocenters. The van der Waals surface area contributed by atoms with Crippen LogP contribution in [0.5, 0.6) is 0 Å². The maximum absolute atomic E-state index is 12.4. The molecule has 1 aliphatic carbocycles. The highest BCUT2D eigenvalue weighted by Gasteiger charge is 2.30. The van der Waals surface area contributed by atoms with Gasteiger partial charge in [0.2, 0.25) is 10.0 Å². The third kappa shape index (κ3) is 4.08. The molecule has 1 aliphatic rings. The summed E-state index contributed by atoms with van der Waals surface area (Å²) in [6.45, 7) is 1.88. The molecule has 22 heavy (non-hydrogen) atoms. The van der Waals surface area contributed by atoms with Gasteiger partial charge in [-0.3, -0.25) is 0 Å². The summed E-state index contributed by atoms with van der Waals surface area (Å²) in [4.78, 5) is 11.4. The molecule has 2 rings (SSSR count). The average molecular weight is 325 g/mol. The lowest BCUT2D eigenvalue weighted by Gasteiger charge is -2.27. The zero-order chi connectivity index (χ0) is 16.2. The number of rotatable bonds is 4. The highest BCUT2D eigenvalue weighted by atomic mass is 32.2. The normalized spacial score (nSPS) is 21.4. The molecule has 0 saturated carbocycles. The maximum Gasteiger partial charge on any atom is 0.508 e. The predicted molar refractivity (Wildman–Crippen MR) is 80.9 cm³/mol. The highest BCUT2D eigenvalue weighted by Crippen LogP contribution is 2.19. The van der Waals surface area contributed by atoms with Gasteiger partial charge in [-0.2, -0.15) is 0 Å². The minimum absolute atomic E-state index is 0.175. The van der Waals surface area contributed by atoms with Crippen LogP contribution >= 0.6 is 0 Å². The molecular weight excluding hydrogens is 306 g/mol. The Kier molecular flexibility index (Phi) is 5.20. The fourth-order valence-electron chi connectivity index (χ4n) is 2.19. The standard InChI is InChI=1S/C15H19NO5S/c1-11-7-9-12(10-8-11)22(18,19)16-13-5-3-4-6-14(13)21-15(17)20-2/h3,5,7-10,13-14,16H,4,6H2,1-2H3. The van der Waals surface area contributed by atoms with E-state index in [4.69, 9.17) is 4.74 Å². The quantitative estimate of drug-likeness (QED) is 0.677. The molecule has 0 aliphatic heterocycles. The second kappa shape index (κ2) is 6.93. The molecule has 1 aromatic carbocycles. The van der Waals surface area contributed by atoms with Crippen molar-refractivity contribution in [3.8, 4) is 0 Å². The van der Waals surface area contributed by atoms with E-state index >= 15 is 0 Å². The van der Waals surface area contributed by atoms with Gasteiger partial charge >= 0.3 is 6.16 Å². The summed E-state index contributed by atoms with van der Waals surface area (Å²) >= 11 is 0. The van der Waals surface area contributed by atoms with Crippen molar-refractivity contribution in [3.05, 3.63) is 42.0 Å². The molecule has 0 saturated heterocycles. The number of allylic oxidation sites excluding steroid dienone is 1. The minimum Gasteiger partial charge on any atom is -0.438 e. The summed E-state index contributed by atoms with van der Waals surface area (Å²) in [5, 5.41) is 0. The first-order chi connectivity index (χ1) is 10.4. The van der Waals surface area contributed by atoms with Crippen LogP contribution in [-0.4, -0.2) is 33.8 Å². The first-order valence-electron chi connectivity index (χ1n) is 6.92. The van der Waals surface area contributed by atoms with Gasteiger partial charge in [-0.15, -0.1) is 0 Å². The molecular formula is C15H19NO5S. The molecule has 120 valence electrons. The van der Waals surface area contributed by atoms with Crippen LogP contribution < -0.4 is 4.72 Å². The molecule has 0 spiro atoms. The number of ether oxygens (including phenoxy) is 2. The Morgan fingerprint density at radius 3 is 2.59 bits per heavy atom. The molecule has 2 atom stereocenters. The van der Waals surface area contributed by atoms with Crippen molar-refractivity contribution in [2.24, 2.45) is 0 Å². The zero-order valence-corrected chi connectivity index (χ0v) is 13.3. The summed E-state index contributed by atoms with van der Waals surface area (Å²) < 4.78 is 36.9. The topological polar surface area (TPSA) is 81.7 Å². The molecule has 0 aromatic heterocycles. The molecule has 6 nitrogen and oxygen atoms in total. The van der Waals surface area contributed by atoms with Crippen molar-refractivity contribution in [2.75, 3.05) is 7.11 Å². The Bertz CT molecular complexity index is 651. The lowest BCUT2D eigenvalue weighted by molar-refractivity contribution is 0.0260. The second-order valence-corrected chi connectivity index (χ2v) is 6.79. The molecule has 0 radical (unpaired) electrons. The first kappa shape index (κ1) is 16.5. The summed E-state index contributed by atoms with van der Waals surface area (Å²) in [5.74, 6) is 0. The summed E-state index contributed by atoms with van der Waals surface area (Å²) in [6, 6.07) is 5.93. The minimum atomic E-state index is -3.69. The SMILES string of the molecule is COC(=O)OC1CCC=CC1NS(=O)(=O)c1ccc(C)cc1. The van der Waals surface area contributed by atoms with E-state index in [1.165, 1.54) is 7.11 Å². The van der Waals surface area contributed by atoms with Crippen LogP contribution in [0.25, 0.3) is 0 Å². The summed E-state index contributed by atoms with van der Waals surface area (Å²) in [7, 11) is -2.47. The molecule has 0 bridgehead atoms. The van der Waals surface area contributed by atoms with Gasteiger partial charge in [0.15, 0.2) is 0 Å². The third-order valence-corrected chi connectivity index (χ3v) is 4.87.